The lowest BCUT2D eigenvalue weighted by Gasteiger charge is -2.24. The summed E-state index contributed by atoms with van der Waals surface area (Å²) in [5, 5.41) is 20.8. The number of aliphatic hydroxyl groups excluding tert-OH is 1. The number of nitrogens with one attached hydrogen (secondary N) is 1. The van der Waals surface area contributed by atoms with E-state index in [4.69, 9.17) is 10.2 Å². The van der Waals surface area contributed by atoms with Crippen molar-refractivity contribution in [3.8, 4) is 0 Å². The van der Waals surface area contributed by atoms with Gasteiger partial charge >= 0.3 is 5.97 Å². The van der Waals surface area contributed by atoms with Gasteiger partial charge in [-0.2, -0.15) is 0 Å². The Balaban J connectivity index is 2.40. The number of carbonyl (C=O) groups excluding carboxylic acids is 1. The first kappa shape index (κ1) is 16.9. The Morgan fingerprint density at radius 2 is 2.00 bits per heavy atom. The molecule has 20 heavy (non-hydrogen) atoms. The normalized spacial score (nSPS) is 17.4. The van der Waals surface area contributed by atoms with Gasteiger partial charge in [-0.3, -0.25) is 14.5 Å². The standard InChI is InChI=1S/C14H26N2O4/c1-11(14(19)20)9-16(7-4-8-17)10-13(18)15-12-5-2-3-6-12/h11-12,17H,2-10H2,1H3,(H,15,18)(H,19,20). The first-order valence-corrected chi connectivity index (χ1v) is 7.38. The van der Waals surface area contributed by atoms with Crippen LogP contribution in [0.25, 0.3) is 0 Å². The van der Waals surface area contributed by atoms with E-state index in [1.165, 1.54) is 0 Å². The SMILES string of the molecule is CC(CN(CCCO)CC(=O)NC1CCCC1)C(=O)O. The van der Waals surface area contributed by atoms with Gasteiger partial charge in [-0.05, 0) is 19.3 Å². The van der Waals surface area contributed by atoms with Crippen LogP contribution in [0.3, 0.4) is 0 Å². The van der Waals surface area contributed by atoms with Gasteiger partial charge in [-0.25, -0.2) is 0 Å². The quantitative estimate of drug-likeness (QED) is 0.572. The summed E-state index contributed by atoms with van der Waals surface area (Å²) < 4.78 is 0. The van der Waals surface area contributed by atoms with Gasteiger partial charge in [0.15, 0.2) is 0 Å². The first-order chi connectivity index (χ1) is 9.52. The zero-order chi connectivity index (χ0) is 15.0. The molecule has 0 spiro atoms. The van der Waals surface area contributed by atoms with Crippen LogP contribution in [0, 0.1) is 5.92 Å². The minimum absolute atomic E-state index is 0.0438. The smallest absolute Gasteiger partial charge is 0.307 e. The maximum absolute atomic E-state index is 12.0. The summed E-state index contributed by atoms with van der Waals surface area (Å²) in [5.74, 6) is -1.43. The molecule has 1 aliphatic rings. The largest absolute Gasteiger partial charge is 0.481 e. The Morgan fingerprint density at radius 3 is 2.55 bits per heavy atom. The van der Waals surface area contributed by atoms with Gasteiger partial charge in [-0.1, -0.05) is 19.8 Å². The van der Waals surface area contributed by atoms with Gasteiger partial charge in [0.2, 0.25) is 5.91 Å². The highest BCUT2D eigenvalue weighted by Crippen LogP contribution is 2.17. The molecule has 3 N–H and O–H groups in total. The van der Waals surface area contributed by atoms with E-state index in [2.05, 4.69) is 5.32 Å². The van der Waals surface area contributed by atoms with Crippen molar-refractivity contribution in [2.45, 2.75) is 45.1 Å². The van der Waals surface area contributed by atoms with Crippen LogP contribution >= 0.6 is 0 Å². The topological polar surface area (TPSA) is 89.9 Å². The molecule has 1 fully saturated rings. The van der Waals surface area contributed by atoms with Crippen molar-refractivity contribution in [3.63, 3.8) is 0 Å². The number of rotatable bonds is 9. The number of hydrogen-bond acceptors (Lipinski definition) is 4. The lowest BCUT2D eigenvalue weighted by atomic mass is 10.1. The van der Waals surface area contributed by atoms with Gasteiger partial charge in [0.25, 0.3) is 0 Å². The second-order valence-electron chi connectivity index (χ2n) is 5.60. The fraction of sp³-hybridized carbons (Fsp3) is 0.857. The fourth-order valence-corrected chi connectivity index (χ4v) is 2.54. The third kappa shape index (κ3) is 6.34. The Bertz CT molecular complexity index is 316. The highest BCUT2D eigenvalue weighted by Gasteiger charge is 2.21. The molecule has 6 heteroatoms. The molecule has 0 radical (unpaired) electrons. The van der Waals surface area contributed by atoms with Crippen LogP contribution in [0.4, 0.5) is 0 Å². The number of amides is 1. The molecule has 0 aliphatic heterocycles. The number of hydrogen-bond donors (Lipinski definition) is 3. The number of nitrogens with zero attached hydrogens (tertiary/aromatic N) is 1. The molecule has 1 saturated carbocycles. The van der Waals surface area contributed by atoms with Crippen molar-refractivity contribution in [2.75, 3.05) is 26.2 Å². The van der Waals surface area contributed by atoms with Crippen molar-refractivity contribution in [1.29, 1.82) is 0 Å². The first-order valence-electron chi connectivity index (χ1n) is 7.38. The fourth-order valence-electron chi connectivity index (χ4n) is 2.54. The van der Waals surface area contributed by atoms with Crippen LogP contribution in [0.1, 0.15) is 39.0 Å². The molecule has 6 nitrogen and oxygen atoms in total. The Labute approximate surface area is 120 Å². The summed E-state index contributed by atoms with van der Waals surface area (Å²) in [4.78, 5) is 24.7. The zero-order valence-corrected chi connectivity index (χ0v) is 12.2. The number of carboxylic acid groups (broad SMARTS) is 1. The third-order valence-electron chi connectivity index (χ3n) is 3.67. The van der Waals surface area contributed by atoms with E-state index in [9.17, 15) is 9.59 Å². The molecule has 0 aromatic heterocycles. The minimum Gasteiger partial charge on any atom is -0.481 e. The van der Waals surface area contributed by atoms with Crippen LogP contribution in [-0.4, -0.2) is 59.3 Å². The lowest BCUT2D eigenvalue weighted by Crippen LogP contribution is -2.43. The van der Waals surface area contributed by atoms with Crippen LogP contribution in [0.5, 0.6) is 0 Å². The molecular weight excluding hydrogens is 260 g/mol. The van der Waals surface area contributed by atoms with Crippen molar-refractivity contribution in [2.24, 2.45) is 5.92 Å². The number of carboxylic acids is 1. The molecule has 116 valence electrons. The number of aliphatic hydroxyl groups is 1. The number of carbonyl (C=O) groups is 2. The van der Waals surface area contributed by atoms with Gasteiger partial charge in [0.05, 0.1) is 12.5 Å². The van der Waals surface area contributed by atoms with E-state index >= 15 is 0 Å². The average Bonchev–Trinajstić information content (AvgIpc) is 2.88. The highest BCUT2D eigenvalue weighted by molar-refractivity contribution is 5.78. The molecule has 1 rings (SSSR count). The third-order valence-corrected chi connectivity index (χ3v) is 3.67. The summed E-state index contributed by atoms with van der Waals surface area (Å²) in [5.41, 5.74) is 0. The molecule has 1 aliphatic carbocycles. The Hall–Kier alpha value is -1.14. The highest BCUT2D eigenvalue weighted by atomic mass is 16.4. The van der Waals surface area contributed by atoms with E-state index in [-0.39, 0.29) is 25.1 Å². The minimum atomic E-state index is -0.866. The Morgan fingerprint density at radius 1 is 1.35 bits per heavy atom. The molecule has 1 amide bonds. The molecule has 1 atom stereocenters. The monoisotopic (exact) mass is 286 g/mol. The van der Waals surface area contributed by atoms with Crippen molar-refractivity contribution >= 4 is 11.9 Å². The summed E-state index contributed by atoms with van der Waals surface area (Å²) in [6.07, 6.45) is 4.94. The van der Waals surface area contributed by atoms with Crippen LogP contribution < -0.4 is 5.32 Å². The molecular formula is C14H26N2O4. The van der Waals surface area contributed by atoms with Crippen LogP contribution in [0.15, 0.2) is 0 Å². The molecule has 0 aromatic carbocycles. The molecule has 0 bridgehead atoms. The maximum atomic E-state index is 12.0. The van der Waals surface area contributed by atoms with Crippen LogP contribution in [0.2, 0.25) is 0 Å². The molecule has 0 heterocycles. The molecule has 0 saturated heterocycles. The van der Waals surface area contributed by atoms with E-state index in [0.29, 0.717) is 19.5 Å². The van der Waals surface area contributed by atoms with E-state index in [1.54, 1.807) is 11.8 Å². The van der Waals surface area contributed by atoms with Gasteiger partial charge in [-0.15, -0.1) is 0 Å². The molecule has 0 aromatic rings. The summed E-state index contributed by atoms with van der Waals surface area (Å²) >= 11 is 0. The Kier molecular flexibility index (Phi) is 7.54. The van der Waals surface area contributed by atoms with Crippen molar-refractivity contribution < 1.29 is 19.8 Å². The summed E-state index contributed by atoms with van der Waals surface area (Å²) in [6.45, 7) is 2.74. The lowest BCUT2D eigenvalue weighted by molar-refractivity contribution is -0.142. The van der Waals surface area contributed by atoms with Crippen molar-refractivity contribution in [3.05, 3.63) is 0 Å². The second-order valence-corrected chi connectivity index (χ2v) is 5.60. The predicted molar refractivity (Wildman–Crippen MR) is 75.3 cm³/mol. The van der Waals surface area contributed by atoms with E-state index in [1.807, 2.05) is 0 Å². The van der Waals surface area contributed by atoms with Crippen LogP contribution in [-0.2, 0) is 9.59 Å². The summed E-state index contributed by atoms with van der Waals surface area (Å²) in [7, 11) is 0. The predicted octanol–water partition coefficient (Wildman–Crippen LogP) is 0.450. The van der Waals surface area contributed by atoms with E-state index < -0.39 is 11.9 Å². The second kappa shape index (κ2) is 8.92. The average molecular weight is 286 g/mol. The maximum Gasteiger partial charge on any atom is 0.307 e. The number of aliphatic carboxylic acids is 1. The van der Waals surface area contributed by atoms with E-state index in [0.717, 1.165) is 25.7 Å². The zero-order valence-electron chi connectivity index (χ0n) is 12.2. The summed E-state index contributed by atoms with van der Waals surface area (Å²) in [6, 6.07) is 0.277. The van der Waals surface area contributed by atoms with Crippen molar-refractivity contribution in [1.82, 2.24) is 10.2 Å². The van der Waals surface area contributed by atoms with Gasteiger partial charge in [0.1, 0.15) is 0 Å². The van der Waals surface area contributed by atoms with Gasteiger partial charge in [0, 0.05) is 25.7 Å². The molecule has 1 unspecified atom stereocenters. The van der Waals surface area contributed by atoms with Gasteiger partial charge < -0.3 is 15.5 Å².